The van der Waals surface area contributed by atoms with E-state index in [4.69, 9.17) is 23.9 Å². The molecule has 1 N–H and O–H groups in total. The fourth-order valence-corrected chi connectivity index (χ4v) is 14.8. The molecule has 4 heterocycles. The number of nitrogens with zero attached hydrogens (tertiary/aromatic N) is 6. The van der Waals surface area contributed by atoms with Gasteiger partial charge in [-0.25, -0.2) is 0 Å². The number of methoxy groups -OCH3 is 2. The maximum atomic E-state index is 14.6. The second-order valence-electron chi connectivity index (χ2n) is 12.5. The molecular weight excluding hydrogens is 952 g/mol. The Kier molecular flexibility index (Phi) is 9.74. The molecule has 4 aliphatic heterocycles. The number of halogens is 2. The number of azo groups is 1. The fraction of sp³-hybridized carbons (Fsp3) is 0.375. The molecule has 2 fully saturated rings. The van der Waals surface area contributed by atoms with Crippen LogP contribution in [-0.4, -0.2) is 110 Å². The number of hydrogen-bond acceptors (Lipinski definition) is 11. The molecule has 282 valence electrons. The van der Waals surface area contributed by atoms with E-state index in [9.17, 15) is 33.0 Å². The number of ether oxygens (including phenoxy) is 2. The molecule has 0 bridgehead atoms. The Morgan fingerprint density at radius 2 is 1.42 bits per heavy atom. The van der Waals surface area contributed by atoms with Crippen LogP contribution >= 0.6 is 0 Å². The number of fused-ring (bicyclic) bond motifs is 6. The molecular formula is C32H33F2N7O9STe2. The number of benzene rings is 3. The molecule has 2 saturated heterocycles. The first-order chi connectivity index (χ1) is 25.2. The van der Waals surface area contributed by atoms with Gasteiger partial charge in [-0.15, -0.1) is 0 Å². The van der Waals surface area contributed by atoms with Gasteiger partial charge in [0.25, 0.3) is 0 Å². The molecule has 2 amide bonds. The molecule has 0 spiro atoms. The van der Waals surface area contributed by atoms with Crippen molar-refractivity contribution in [2.24, 2.45) is 10.2 Å². The number of amides is 2. The van der Waals surface area contributed by atoms with E-state index < -0.39 is 103 Å². The molecule has 4 atom stereocenters. The minimum atomic E-state index is -5.04. The van der Waals surface area contributed by atoms with E-state index in [0.29, 0.717) is 11.3 Å². The number of anilines is 2. The van der Waals surface area contributed by atoms with Crippen LogP contribution in [0, 0.1) is 11.6 Å². The number of carbonyl (C=O) groups is 2. The van der Waals surface area contributed by atoms with Crippen LogP contribution in [-0.2, 0) is 37.1 Å². The zero-order chi connectivity index (χ0) is 38.0. The zero-order valence-corrected chi connectivity index (χ0v) is 34.1. The number of likely N-dealkylation sites (tertiary alicyclic amines) is 2. The molecule has 3 aromatic carbocycles. The molecule has 53 heavy (non-hydrogen) atoms. The van der Waals surface area contributed by atoms with E-state index in [1.165, 1.54) is 25.0 Å². The number of rotatable bonds is 8. The van der Waals surface area contributed by atoms with Gasteiger partial charge in [0, 0.05) is 0 Å². The van der Waals surface area contributed by atoms with Crippen LogP contribution in [0.1, 0.15) is 24.0 Å². The summed E-state index contributed by atoms with van der Waals surface area (Å²) in [7, 11) is -2.64. The van der Waals surface area contributed by atoms with Gasteiger partial charge in [-0.05, 0) is 0 Å². The van der Waals surface area contributed by atoms with Gasteiger partial charge in [0.2, 0.25) is 0 Å². The van der Waals surface area contributed by atoms with Crippen molar-refractivity contribution in [2.45, 2.75) is 46.2 Å². The van der Waals surface area contributed by atoms with Gasteiger partial charge in [-0.1, -0.05) is 0 Å². The Morgan fingerprint density at radius 3 is 2.06 bits per heavy atom. The first kappa shape index (κ1) is 37.5. The number of para-hydroxylation sites is 3. The van der Waals surface area contributed by atoms with Crippen molar-refractivity contribution in [3.05, 3.63) is 83.4 Å². The monoisotopic (exact) mass is 989 g/mol. The summed E-state index contributed by atoms with van der Waals surface area (Å²) >= 11 is -6.92. The van der Waals surface area contributed by atoms with E-state index in [2.05, 4.69) is 4.72 Å². The molecule has 3 aromatic rings. The summed E-state index contributed by atoms with van der Waals surface area (Å²) in [4.78, 5) is 32.0. The Bertz CT molecular complexity index is 2200. The second kappa shape index (κ2) is 13.8. The Labute approximate surface area is 317 Å². The molecule has 0 aliphatic carbocycles. The Balaban J connectivity index is 1.38. The SMILES string of the molecule is COC(=O)N1CC[C@]2(N=Nc3cccc4c3N([Te](C)=O)[C@@H]3N(C(=O)OC)CC[C@]43NS(=O)(=O)Oc3c(F)cccc3F)c3ccccc3N([Te](C)=O)[C@H]12. The Hall–Kier alpha value is -3.85. The molecule has 0 unspecified atom stereocenters. The van der Waals surface area contributed by atoms with Gasteiger partial charge in [0.05, 0.1) is 0 Å². The molecule has 4 aliphatic rings. The van der Waals surface area contributed by atoms with Crippen molar-refractivity contribution < 1.29 is 46.7 Å². The third-order valence-electron chi connectivity index (χ3n) is 9.83. The van der Waals surface area contributed by atoms with Crippen molar-refractivity contribution in [1.82, 2.24) is 14.5 Å². The number of nitrogens with one attached hydrogen (secondary N) is 1. The summed E-state index contributed by atoms with van der Waals surface area (Å²) in [5.41, 5.74) is -1.02. The van der Waals surface area contributed by atoms with Crippen molar-refractivity contribution in [2.75, 3.05) is 33.6 Å². The van der Waals surface area contributed by atoms with Crippen LogP contribution in [0.3, 0.4) is 0 Å². The quantitative estimate of drug-likeness (QED) is 0.250. The number of hydrogen-bond donors (Lipinski definition) is 1. The van der Waals surface area contributed by atoms with Crippen LogP contribution in [0.15, 0.2) is 70.9 Å². The van der Waals surface area contributed by atoms with Crippen molar-refractivity contribution >= 4 is 79.2 Å². The first-order valence-electron chi connectivity index (χ1n) is 16.0. The zero-order valence-electron chi connectivity index (χ0n) is 28.6. The molecule has 21 heteroatoms. The standard InChI is InChI=1S/C32H33F2N7O9STe2/c1-48-29(42)38-17-15-31(19-9-5-6-14-24(19)40(27(31)38)52(3)46)36-35-23-13-7-10-20-25(23)41(53(4)47)28-32(20,16-18-39(28)30(43)49-2)37-51(44,45)50-26-21(33)11-8-12-22(26)34/h5-14,27-28,37H,15-18H2,1-4H3/t27-,28-,31-,32-/m0/s1. The fourth-order valence-electron chi connectivity index (χ4n) is 7.84. The molecule has 0 aromatic heterocycles. The van der Waals surface area contributed by atoms with Gasteiger partial charge in [-0.2, -0.15) is 0 Å². The summed E-state index contributed by atoms with van der Waals surface area (Å²) in [6.07, 6.45) is -3.37. The molecule has 0 saturated carbocycles. The van der Waals surface area contributed by atoms with Crippen LogP contribution in [0.25, 0.3) is 0 Å². The van der Waals surface area contributed by atoms with Crippen LogP contribution < -0.4 is 15.2 Å². The normalized spacial score (nSPS) is 24.5. The van der Waals surface area contributed by atoms with Gasteiger partial charge < -0.3 is 0 Å². The second-order valence-corrected chi connectivity index (χ2v) is 20.9. The van der Waals surface area contributed by atoms with Crippen molar-refractivity contribution in [3.8, 4) is 5.75 Å². The maximum absolute atomic E-state index is 14.6. The average Bonchev–Trinajstić information content (AvgIpc) is 3.83. The van der Waals surface area contributed by atoms with Gasteiger partial charge in [0.15, 0.2) is 0 Å². The third-order valence-corrected chi connectivity index (χ3v) is 16.2. The van der Waals surface area contributed by atoms with E-state index >= 15 is 0 Å². The van der Waals surface area contributed by atoms with E-state index in [1.54, 1.807) is 44.5 Å². The van der Waals surface area contributed by atoms with Crippen LogP contribution in [0.4, 0.5) is 35.4 Å². The molecule has 16 nitrogen and oxygen atoms in total. The van der Waals surface area contributed by atoms with E-state index in [-0.39, 0.29) is 42.9 Å². The predicted octanol–water partition coefficient (Wildman–Crippen LogP) is 4.39. The van der Waals surface area contributed by atoms with Crippen molar-refractivity contribution in [1.29, 1.82) is 0 Å². The minimum absolute atomic E-state index is 0.0549. The summed E-state index contributed by atoms with van der Waals surface area (Å²) in [6, 6.07) is 14.7. The van der Waals surface area contributed by atoms with Gasteiger partial charge >= 0.3 is 320 Å². The molecule has 0 radical (unpaired) electrons. The predicted molar refractivity (Wildman–Crippen MR) is 184 cm³/mol. The van der Waals surface area contributed by atoms with Gasteiger partial charge in [-0.3, -0.25) is 0 Å². The van der Waals surface area contributed by atoms with Crippen LogP contribution in [0.5, 0.6) is 5.75 Å². The summed E-state index contributed by atoms with van der Waals surface area (Å²) in [6.45, 7) is 0.155. The van der Waals surface area contributed by atoms with Crippen molar-refractivity contribution in [3.63, 3.8) is 0 Å². The Morgan fingerprint density at radius 1 is 0.830 bits per heavy atom. The van der Waals surface area contributed by atoms with Crippen LogP contribution in [0.2, 0.25) is 9.94 Å². The average molecular weight is 985 g/mol. The summed E-state index contributed by atoms with van der Waals surface area (Å²) < 4.78 is 104. The summed E-state index contributed by atoms with van der Waals surface area (Å²) in [5, 5.41) is 9.61. The van der Waals surface area contributed by atoms with Gasteiger partial charge in [0.1, 0.15) is 0 Å². The molecule has 7 rings (SSSR count). The summed E-state index contributed by atoms with van der Waals surface area (Å²) in [5.74, 6) is -3.68. The van der Waals surface area contributed by atoms with E-state index in [1.807, 2.05) is 6.07 Å². The van der Waals surface area contributed by atoms with E-state index in [0.717, 1.165) is 25.3 Å². The third kappa shape index (κ3) is 5.87. The number of carbonyl (C=O) groups excluding carboxylic acids is 2. The first-order valence-corrected chi connectivity index (χ1v) is 26.0. The topological polar surface area (TPSA) is 180 Å².